The Bertz CT molecular complexity index is 161. The summed E-state index contributed by atoms with van der Waals surface area (Å²) >= 11 is 0. The third-order valence-corrected chi connectivity index (χ3v) is 4.34. The molecule has 0 atom stereocenters. The van der Waals surface area contributed by atoms with E-state index in [1.54, 1.807) is 0 Å². The molecule has 0 saturated carbocycles. The molecule has 0 aliphatic carbocycles. The summed E-state index contributed by atoms with van der Waals surface area (Å²) in [5.74, 6) is 0. The van der Waals surface area contributed by atoms with Gasteiger partial charge in [0.25, 0.3) is 0 Å². The maximum absolute atomic E-state index is 4.67. The van der Waals surface area contributed by atoms with Crippen molar-refractivity contribution in [2.45, 2.75) is 117 Å². The fourth-order valence-corrected chi connectivity index (χ4v) is 2.83. The minimum atomic E-state index is 0. The van der Waals surface area contributed by atoms with Gasteiger partial charge in [-0.1, -0.05) is 117 Å². The van der Waals surface area contributed by atoms with Crippen molar-refractivity contribution in [3.05, 3.63) is 5.32 Å². The van der Waals surface area contributed by atoms with E-state index in [1.807, 2.05) is 0 Å². The number of unbranched alkanes of at least 4 members (excludes halogenated alkanes) is 14. The van der Waals surface area contributed by atoms with Gasteiger partial charge in [-0.15, -0.1) is 25.5 Å². The third kappa shape index (κ3) is 28.1. The smallest absolute Gasteiger partial charge is 0 e. The second kappa shape index (κ2) is 27.8. The van der Waals surface area contributed by atoms with Gasteiger partial charge < -0.3 is 5.32 Å². The molecule has 0 unspecified atom stereocenters. The quantitative estimate of drug-likeness (QED) is 0.168. The van der Waals surface area contributed by atoms with E-state index < -0.39 is 0 Å². The van der Waals surface area contributed by atoms with Crippen LogP contribution in [-0.4, -0.2) is 13.1 Å². The predicted molar refractivity (Wildman–Crippen MR) is 106 cm³/mol. The maximum atomic E-state index is 4.67. The van der Waals surface area contributed by atoms with E-state index in [0.717, 1.165) is 13.1 Å². The normalized spacial score (nSPS) is 10.2. The fraction of sp³-hybridized carbons (Fsp3) is 1.00. The molecule has 0 amide bonds. The molecular formula is C20H43ClNTi-. The first kappa shape index (κ1) is 28.8. The van der Waals surface area contributed by atoms with Crippen molar-refractivity contribution >= 4 is 12.4 Å². The molecule has 0 rings (SSSR count). The molecule has 0 fully saturated rings. The molecule has 0 aliphatic rings. The molecule has 1 nitrogen and oxygen atoms in total. The van der Waals surface area contributed by atoms with E-state index in [1.165, 1.54) is 103 Å². The summed E-state index contributed by atoms with van der Waals surface area (Å²) in [7, 11) is 0. The first-order valence-corrected chi connectivity index (χ1v) is 10.0. The molecular weight excluding hydrogens is 338 g/mol. The Morgan fingerprint density at radius 1 is 0.435 bits per heavy atom. The van der Waals surface area contributed by atoms with Crippen LogP contribution in [0.5, 0.6) is 0 Å². The van der Waals surface area contributed by atoms with Gasteiger partial charge in [-0.25, -0.2) is 0 Å². The van der Waals surface area contributed by atoms with E-state index >= 15 is 0 Å². The largest absolute Gasteiger partial charge is 0.662 e. The average molecular weight is 381 g/mol. The molecule has 0 bridgehead atoms. The van der Waals surface area contributed by atoms with Crippen molar-refractivity contribution in [1.82, 2.24) is 0 Å². The van der Waals surface area contributed by atoms with Crippen LogP contribution >= 0.6 is 12.4 Å². The van der Waals surface area contributed by atoms with Gasteiger partial charge in [0, 0.05) is 21.7 Å². The van der Waals surface area contributed by atoms with Gasteiger partial charge >= 0.3 is 0 Å². The molecule has 0 saturated heterocycles. The van der Waals surface area contributed by atoms with Crippen molar-refractivity contribution in [3.8, 4) is 0 Å². The van der Waals surface area contributed by atoms with Gasteiger partial charge in [-0.3, -0.25) is 0 Å². The summed E-state index contributed by atoms with van der Waals surface area (Å²) in [4.78, 5) is 0. The van der Waals surface area contributed by atoms with Gasteiger partial charge in [0.05, 0.1) is 0 Å². The summed E-state index contributed by atoms with van der Waals surface area (Å²) < 4.78 is 0. The van der Waals surface area contributed by atoms with Crippen LogP contribution < -0.4 is 0 Å². The standard InChI is InChI=1S/C20H42N.ClH.Ti/c1-3-5-7-9-11-13-15-17-19-21-20-18-16-14-12-10-8-6-4-2;;/h3-20H2,1-2H3;1H;/q-1;;. The Labute approximate surface area is 168 Å². The van der Waals surface area contributed by atoms with Crippen molar-refractivity contribution in [3.63, 3.8) is 0 Å². The average Bonchev–Trinajstić information content (AvgIpc) is 2.50. The van der Waals surface area contributed by atoms with Crippen LogP contribution in [0.3, 0.4) is 0 Å². The minimum absolute atomic E-state index is 0. The second-order valence-corrected chi connectivity index (χ2v) is 6.62. The van der Waals surface area contributed by atoms with Crippen LogP contribution in [-0.2, 0) is 21.7 Å². The molecule has 3 heteroatoms. The van der Waals surface area contributed by atoms with Gasteiger partial charge in [-0.2, -0.15) is 0 Å². The van der Waals surface area contributed by atoms with Crippen LogP contribution in [0.4, 0.5) is 0 Å². The molecule has 0 spiro atoms. The molecule has 0 aromatic rings. The van der Waals surface area contributed by atoms with Crippen LogP contribution in [0.2, 0.25) is 0 Å². The number of halogens is 1. The zero-order valence-corrected chi connectivity index (χ0v) is 18.5. The molecule has 23 heavy (non-hydrogen) atoms. The zero-order chi connectivity index (χ0) is 15.4. The number of hydrogen-bond donors (Lipinski definition) is 0. The Hall–Kier alpha value is 0.964. The number of nitrogens with zero attached hydrogens (tertiary/aromatic N) is 1. The first-order chi connectivity index (χ1) is 10.4. The first-order valence-electron chi connectivity index (χ1n) is 10.0. The van der Waals surface area contributed by atoms with Crippen LogP contribution in [0.25, 0.3) is 5.32 Å². The second-order valence-electron chi connectivity index (χ2n) is 6.62. The summed E-state index contributed by atoms with van der Waals surface area (Å²) in [6, 6.07) is 0. The summed E-state index contributed by atoms with van der Waals surface area (Å²) in [5, 5.41) is 4.67. The SMILES string of the molecule is CCCCCCCCCC[N-]CCCCCCCCCC.Cl.[Ti]. The topological polar surface area (TPSA) is 14.1 Å². The summed E-state index contributed by atoms with van der Waals surface area (Å²) in [6.07, 6.45) is 22.5. The van der Waals surface area contributed by atoms with E-state index in [9.17, 15) is 0 Å². The third-order valence-electron chi connectivity index (χ3n) is 4.34. The molecule has 0 aromatic heterocycles. The van der Waals surface area contributed by atoms with Crippen LogP contribution in [0, 0.1) is 0 Å². The molecule has 140 valence electrons. The molecule has 0 heterocycles. The van der Waals surface area contributed by atoms with E-state index in [-0.39, 0.29) is 34.1 Å². The molecule has 0 N–H and O–H groups in total. The Morgan fingerprint density at radius 2 is 0.696 bits per heavy atom. The van der Waals surface area contributed by atoms with Crippen molar-refractivity contribution in [2.75, 3.05) is 13.1 Å². The minimum Gasteiger partial charge on any atom is -0.662 e. The number of rotatable bonds is 18. The molecule has 0 radical (unpaired) electrons. The van der Waals surface area contributed by atoms with Gasteiger partial charge in [-0.05, 0) is 0 Å². The maximum Gasteiger partial charge on any atom is 0 e. The Balaban J connectivity index is -0.00000200. The van der Waals surface area contributed by atoms with E-state index in [0.29, 0.717) is 0 Å². The molecule has 0 aliphatic heterocycles. The fourth-order valence-electron chi connectivity index (χ4n) is 2.83. The Kier molecular flexibility index (Phi) is 34.8. The van der Waals surface area contributed by atoms with Crippen molar-refractivity contribution in [1.29, 1.82) is 0 Å². The van der Waals surface area contributed by atoms with E-state index in [4.69, 9.17) is 0 Å². The zero-order valence-electron chi connectivity index (χ0n) is 16.1. The van der Waals surface area contributed by atoms with Crippen LogP contribution in [0.1, 0.15) is 117 Å². The van der Waals surface area contributed by atoms with Crippen molar-refractivity contribution < 1.29 is 21.7 Å². The van der Waals surface area contributed by atoms with Crippen molar-refractivity contribution in [2.24, 2.45) is 0 Å². The van der Waals surface area contributed by atoms with Gasteiger partial charge in [0.2, 0.25) is 0 Å². The number of hydrogen-bond acceptors (Lipinski definition) is 0. The van der Waals surface area contributed by atoms with Gasteiger partial charge in [0.15, 0.2) is 0 Å². The van der Waals surface area contributed by atoms with Gasteiger partial charge in [0.1, 0.15) is 0 Å². The molecule has 0 aromatic carbocycles. The predicted octanol–water partition coefficient (Wildman–Crippen LogP) is 8.06. The monoisotopic (exact) mass is 380 g/mol. The van der Waals surface area contributed by atoms with E-state index in [2.05, 4.69) is 19.2 Å². The summed E-state index contributed by atoms with van der Waals surface area (Å²) in [5.41, 5.74) is 0. The van der Waals surface area contributed by atoms with Crippen LogP contribution in [0.15, 0.2) is 0 Å². The summed E-state index contributed by atoms with van der Waals surface area (Å²) in [6.45, 7) is 6.80. The Morgan fingerprint density at radius 3 is 1.00 bits per heavy atom.